The number of rotatable bonds is 2. The van der Waals surface area contributed by atoms with Crippen molar-refractivity contribution < 1.29 is 0 Å². The van der Waals surface area contributed by atoms with Gasteiger partial charge in [-0.2, -0.15) is 0 Å². The molecule has 1 atom stereocenters. The van der Waals surface area contributed by atoms with Crippen molar-refractivity contribution in [3.63, 3.8) is 0 Å². The number of nitrogens with zero attached hydrogens (tertiary/aromatic N) is 1. The quantitative estimate of drug-likeness (QED) is 0.832. The van der Waals surface area contributed by atoms with E-state index in [0.29, 0.717) is 0 Å². The Hall–Kier alpha value is -0.990. The zero-order valence-corrected chi connectivity index (χ0v) is 9.75. The van der Waals surface area contributed by atoms with Crippen molar-refractivity contribution in [3.05, 3.63) is 35.0 Å². The third-order valence-corrected chi connectivity index (χ3v) is 2.78. The minimum absolute atomic E-state index is 0.162. The molecule has 0 aliphatic carbocycles. The average molecular weight is 223 g/mol. The van der Waals surface area contributed by atoms with Gasteiger partial charge in [0, 0.05) is 34.2 Å². The van der Waals surface area contributed by atoms with E-state index >= 15 is 0 Å². The van der Waals surface area contributed by atoms with Gasteiger partial charge < -0.3 is 10.3 Å². The molecule has 0 saturated carbocycles. The number of aromatic nitrogens is 1. The highest BCUT2D eigenvalue weighted by atomic mass is 35.5. The molecule has 0 aliphatic rings. The van der Waals surface area contributed by atoms with Crippen LogP contribution in [0.4, 0.5) is 0 Å². The Morgan fingerprint density at radius 2 is 2.13 bits per heavy atom. The minimum atomic E-state index is 0.162. The van der Waals surface area contributed by atoms with E-state index in [1.807, 2.05) is 25.1 Å². The molecule has 2 aromatic rings. The summed E-state index contributed by atoms with van der Waals surface area (Å²) in [6.07, 6.45) is 0. The summed E-state index contributed by atoms with van der Waals surface area (Å²) in [5, 5.41) is 1.96. The molecule has 1 aromatic carbocycles. The Labute approximate surface area is 94.6 Å². The second-order valence-corrected chi connectivity index (χ2v) is 4.51. The highest BCUT2D eigenvalue weighted by Crippen LogP contribution is 2.23. The summed E-state index contributed by atoms with van der Waals surface area (Å²) in [6, 6.07) is 8.26. The van der Waals surface area contributed by atoms with Gasteiger partial charge in [-0.3, -0.25) is 0 Å². The number of nitrogens with two attached hydrogens (primary N) is 1. The molecule has 80 valence electrons. The summed E-state index contributed by atoms with van der Waals surface area (Å²) >= 11 is 5.95. The lowest BCUT2D eigenvalue weighted by Gasteiger charge is -2.10. The molecule has 0 spiro atoms. The predicted molar refractivity (Wildman–Crippen MR) is 65.3 cm³/mol. The maximum absolute atomic E-state index is 5.95. The standard InChI is InChI=1S/C12H15ClN2/c1-8(14)7-15-9(2)5-10-6-11(13)3-4-12(10)15/h3-6,8H,7,14H2,1-2H3. The van der Waals surface area contributed by atoms with E-state index < -0.39 is 0 Å². The Balaban J connectivity index is 2.58. The lowest BCUT2D eigenvalue weighted by atomic mass is 10.2. The smallest absolute Gasteiger partial charge is 0.0483 e. The SMILES string of the molecule is Cc1cc2cc(Cl)ccc2n1CC(C)N. The van der Waals surface area contributed by atoms with Gasteiger partial charge in [0.1, 0.15) is 0 Å². The van der Waals surface area contributed by atoms with Crippen molar-refractivity contribution in [1.82, 2.24) is 4.57 Å². The van der Waals surface area contributed by atoms with Gasteiger partial charge in [0.25, 0.3) is 0 Å². The first kappa shape index (κ1) is 10.5. The van der Waals surface area contributed by atoms with E-state index in [2.05, 4.69) is 17.6 Å². The molecule has 2 nitrogen and oxygen atoms in total. The largest absolute Gasteiger partial charge is 0.343 e. The minimum Gasteiger partial charge on any atom is -0.343 e. The monoisotopic (exact) mass is 222 g/mol. The number of aryl methyl sites for hydroxylation is 1. The molecule has 2 rings (SSSR count). The summed E-state index contributed by atoms with van der Waals surface area (Å²) in [7, 11) is 0. The summed E-state index contributed by atoms with van der Waals surface area (Å²) in [4.78, 5) is 0. The summed E-state index contributed by atoms with van der Waals surface area (Å²) in [5.41, 5.74) is 8.26. The van der Waals surface area contributed by atoms with Crippen molar-refractivity contribution in [2.75, 3.05) is 0 Å². The molecule has 0 radical (unpaired) electrons. The van der Waals surface area contributed by atoms with Gasteiger partial charge in [0.05, 0.1) is 0 Å². The Kier molecular flexibility index (Phi) is 2.72. The van der Waals surface area contributed by atoms with Crippen LogP contribution in [0.3, 0.4) is 0 Å². The molecular weight excluding hydrogens is 208 g/mol. The number of hydrogen-bond donors (Lipinski definition) is 1. The van der Waals surface area contributed by atoms with Crippen LogP contribution in [0.25, 0.3) is 10.9 Å². The van der Waals surface area contributed by atoms with Crippen LogP contribution in [0.5, 0.6) is 0 Å². The van der Waals surface area contributed by atoms with E-state index in [-0.39, 0.29) is 6.04 Å². The molecule has 0 aliphatic heterocycles. The van der Waals surface area contributed by atoms with Crippen LogP contribution in [0, 0.1) is 6.92 Å². The third kappa shape index (κ3) is 2.01. The van der Waals surface area contributed by atoms with Gasteiger partial charge in [-0.25, -0.2) is 0 Å². The van der Waals surface area contributed by atoms with Crippen molar-refractivity contribution in [2.45, 2.75) is 26.4 Å². The molecule has 15 heavy (non-hydrogen) atoms. The predicted octanol–water partition coefficient (Wildman–Crippen LogP) is 2.95. The van der Waals surface area contributed by atoms with Crippen LogP contribution in [-0.4, -0.2) is 10.6 Å². The fraction of sp³-hybridized carbons (Fsp3) is 0.333. The second-order valence-electron chi connectivity index (χ2n) is 4.08. The van der Waals surface area contributed by atoms with E-state index in [0.717, 1.165) is 11.6 Å². The topological polar surface area (TPSA) is 30.9 Å². The van der Waals surface area contributed by atoms with Gasteiger partial charge in [0.2, 0.25) is 0 Å². The highest BCUT2D eigenvalue weighted by Gasteiger charge is 2.07. The molecule has 0 bridgehead atoms. The number of benzene rings is 1. The first-order chi connectivity index (χ1) is 7.08. The fourth-order valence-electron chi connectivity index (χ4n) is 1.91. The van der Waals surface area contributed by atoms with Gasteiger partial charge in [-0.05, 0) is 38.1 Å². The van der Waals surface area contributed by atoms with E-state index in [1.165, 1.54) is 16.6 Å². The van der Waals surface area contributed by atoms with Gasteiger partial charge in [0.15, 0.2) is 0 Å². The molecule has 1 aromatic heterocycles. The lowest BCUT2D eigenvalue weighted by molar-refractivity contribution is 0.595. The number of halogens is 1. The molecule has 3 heteroatoms. The van der Waals surface area contributed by atoms with Crippen molar-refractivity contribution in [3.8, 4) is 0 Å². The van der Waals surface area contributed by atoms with Gasteiger partial charge in [-0.1, -0.05) is 11.6 Å². The normalized spacial score (nSPS) is 13.3. The summed E-state index contributed by atoms with van der Waals surface area (Å²) in [5.74, 6) is 0. The van der Waals surface area contributed by atoms with Crippen molar-refractivity contribution in [2.24, 2.45) is 5.73 Å². The van der Waals surface area contributed by atoms with Crippen LogP contribution >= 0.6 is 11.6 Å². The Bertz CT molecular complexity index is 486. The van der Waals surface area contributed by atoms with Crippen LogP contribution in [0.2, 0.25) is 5.02 Å². The van der Waals surface area contributed by atoms with E-state index in [4.69, 9.17) is 17.3 Å². The van der Waals surface area contributed by atoms with Crippen LogP contribution in [0.1, 0.15) is 12.6 Å². The first-order valence-electron chi connectivity index (χ1n) is 5.09. The summed E-state index contributed by atoms with van der Waals surface area (Å²) in [6.45, 7) is 4.95. The third-order valence-electron chi connectivity index (χ3n) is 2.54. The van der Waals surface area contributed by atoms with Crippen molar-refractivity contribution >= 4 is 22.5 Å². The molecule has 0 amide bonds. The van der Waals surface area contributed by atoms with Crippen molar-refractivity contribution in [1.29, 1.82) is 0 Å². The Morgan fingerprint density at radius 1 is 1.40 bits per heavy atom. The molecule has 1 unspecified atom stereocenters. The van der Waals surface area contributed by atoms with E-state index in [9.17, 15) is 0 Å². The zero-order chi connectivity index (χ0) is 11.0. The van der Waals surface area contributed by atoms with Gasteiger partial charge in [-0.15, -0.1) is 0 Å². The highest BCUT2D eigenvalue weighted by molar-refractivity contribution is 6.31. The zero-order valence-electron chi connectivity index (χ0n) is 9.00. The molecular formula is C12H15ClN2. The molecule has 2 N–H and O–H groups in total. The second kappa shape index (κ2) is 3.87. The van der Waals surface area contributed by atoms with Crippen LogP contribution in [0.15, 0.2) is 24.3 Å². The van der Waals surface area contributed by atoms with Gasteiger partial charge >= 0.3 is 0 Å². The number of hydrogen-bond acceptors (Lipinski definition) is 1. The van der Waals surface area contributed by atoms with E-state index in [1.54, 1.807) is 0 Å². The maximum Gasteiger partial charge on any atom is 0.0483 e. The van der Waals surface area contributed by atoms with Crippen LogP contribution < -0.4 is 5.73 Å². The summed E-state index contributed by atoms with van der Waals surface area (Å²) < 4.78 is 2.23. The first-order valence-corrected chi connectivity index (χ1v) is 5.46. The fourth-order valence-corrected chi connectivity index (χ4v) is 2.09. The maximum atomic E-state index is 5.95. The average Bonchev–Trinajstić information content (AvgIpc) is 2.41. The molecule has 0 saturated heterocycles. The van der Waals surface area contributed by atoms with Crippen LogP contribution in [-0.2, 0) is 6.54 Å². The Morgan fingerprint density at radius 3 is 2.80 bits per heavy atom. The lowest BCUT2D eigenvalue weighted by Crippen LogP contribution is -2.22. The molecule has 1 heterocycles. The molecule has 0 fully saturated rings. The number of fused-ring (bicyclic) bond motifs is 1.